The average Bonchev–Trinajstić information content (AvgIpc) is 3.01. The molecular weight excluding hydrogens is 234 g/mol. The normalized spacial score (nSPS) is 30.8. The van der Waals surface area contributed by atoms with Crippen LogP contribution < -0.4 is 10.6 Å². The summed E-state index contributed by atoms with van der Waals surface area (Å²) in [5.41, 5.74) is 0. The summed E-state index contributed by atoms with van der Waals surface area (Å²) in [6.07, 6.45) is 5.25. The van der Waals surface area contributed by atoms with Crippen molar-refractivity contribution in [2.45, 2.75) is 44.8 Å². The number of aromatic nitrogens is 1. The van der Waals surface area contributed by atoms with E-state index in [4.69, 9.17) is 0 Å². The molecule has 3 rings (SSSR count). The molecule has 0 saturated carbocycles. The van der Waals surface area contributed by atoms with E-state index in [-0.39, 0.29) is 11.8 Å². The highest BCUT2D eigenvalue weighted by Gasteiger charge is 2.42. The molecule has 0 radical (unpaired) electrons. The van der Waals surface area contributed by atoms with Crippen LogP contribution in [0.25, 0.3) is 0 Å². The standard InChI is InChI=1S/C12H17N3OS/c1-7-13-5-9(17-7)6-14-12(16)10-4-8-2-3-11(10)15-8/h5,8,10-11,15H,2-4,6H2,1H3,(H,14,16). The van der Waals surface area contributed by atoms with E-state index in [1.54, 1.807) is 11.3 Å². The SMILES string of the molecule is Cc1ncc(CNC(=O)C2CC3CCC2N3)s1. The molecule has 1 amide bonds. The number of hydrogen-bond donors (Lipinski definition) is 2. The number of nitrogens with zero attached hydrogens (tertiary/aromatic N) is 1. The Balaban J connectivity index is 1.54. The van der Waals surface area contributed by atoms with Gasteiger partial charge < -0.3 is 10.6 Å². The van der Waals surface area contributed by atoms with Gasteiger partial charge in [0.2, 0.25) is 5.91 Å². The Kier molecular flexibility index (Phi) is 2.88. The third kappa shape index (κ3) is 2.21. The van der Waals surface area contributed by atoms with E-state index in [2.05, 4.69) is 15.6 Å². The first-order valence-electron chi connectivity index (χ1n) is 6.17. The van der Waals surface area contributed by atoms with Crippen LogP contribution in [0, 0.1) is 12.8 Å². The van der Waals surface area contributed by atoms with Gasteiger partial charge in [-0.3, -0.25) is 4.79 Å². The van der Waals surface area contributed by atoms with E-state index in [0.29, 0.717) is 18.6 Å². The fourth-order valence-electron chi connectivity index (χ4n) is 2.91. The topological polar surface area (TPSA) is 54.0 Å². The summed E-state index contributed by atoms with van der Waals surface area (Å²) in [5, 5.41) is 7.57. The second-order valence-electron chi connectivity index (χ2n) is 4.95. The second-order valence-corrected chi connectivity index (χ2v) is 6.27. The molecule has 2 fully saturated rings. The van der Waals surface area contributed by atoms with Crippen LogP contribution in [0.15, 0.2) is 6.20 Å². The van der Waals surface area contributed by atoms with E-state index in [1.807, 2.05) is 13.1 Å². The van der Waals surface area contributed by atoms with E-state index in [1.165, 1.54) is 6.42 Å². The molecule has 1 aromatic rings. The molecule has 17 heavy (non-hydrogen) atoms. The fraction of sp³-hybridized carbons (Fsp3) is 0.667. The van der Waals surface area contributed by atoms with Gasteiger partial charge in [0.1, 0.15) is 0 Å². The highest BCUT2D eigenvalue weighted by molar-refractivity contribution is 7.11. The number of hydrogen-bond acceptors (Lipinski definition) is 4. The number of fused-ring (bicyclic) bond motifs is 2. The first-order valence-corrected chi connectivity index (χ1v) is 6.99. The van der Waals surface area contributed by atoms with Crippen molar-refractivity contribution in [2.24, 2.45) is 5.92 Å². The lowest BCUT2D eigenvalue weighted by Gasteiger charge is -2.18. The molecule has 2 saturated heterocycles. The molecule has 3 unspecified atom stereocenters. The quantitative estimate of drug-likeness (QED) is 0.849. The number of rotatable bonds is 3. The van der Waals surface area contributed by atoms with Gasteiger partial charge in [-0.2, -0.15) is 0 Å². The molecular formula is C12H17N3OS. The van der Waals surface area contributed by atoms with Crippen LogP contribution in [0.2, 0.25) is 0 Å². The Labute approximate surface area is 105 Å². The summed E-state index contributed by atoms with van der Waals surface area (Å²) in [4.78, 5) is 17.4. The second kappa shape index (κ2) is 4.38. The zero-order valence-electron chi connectivity index (χ0n) is 9.90. The zero-order chi connectivity index (χ0) is 11.8. The number of nitrogens with one attached hydrogen (secondary N) is 2. The molecule has 3 heterocycles. The van der Waals surface area contributed by atoms with Crippen molar-refractivity contribution in [1.29, 1.82) is 0 Å². The summed E-state index contributed by atoms with van der Waals surface area (Å²) in [5.74, 6) is 0.388. The number of aryl methyl sites for hydroxylation is 1. The lowest BCUT2D eigenvalue weighted by Crippen LogP contribution is -2.37. The van der Waals surface area contributed by atoms with Crippen molar-refractivity contribution in [1.82, 2.24) is 15.6 Å². The van der Waals surface area contributed by atoms with Crippen LogP contribution >= 0.6 is 11.3 Å². The van der Waals surface area contributed by atoms with Crippen LogP contribution in [0.3, 0.4) is 0 Å². The van der Waals surface area contributed by atoms with E-state index in [9.17, 15) is 4.79 Å². The lowest BCUT2D eigenvalue weighted by atomic mass is 9.88. The van der Waals surface area contributed by atoms with Crippen LogP contribution in [-0.4, -0.2) is 23.0 Å². The van der Waals surface area contributed by atoms with Gasteiger partial charge in [-0.25, -0.2) is 4.98 Å². The molecule has 3 atom stereocenters. The summed E-state index contributed by atoms with van der Waals surface area (Å²) in [6.45, 7) is 2.61. The fourth-order valence-corrected chi connectivity index (χ4v) is 3.64. The number of amides is 1. The van der Waals surface area contributed by atoms with Gasteiger partial charge in [-0.1, -0.05) is 0 Å². The molecule has 0 aliphatic carbocycles. The molecule has 1 aromatic heterocycles. The lowest BCUT2D eigenvalue weighted by molar-refractivity contribution is -0.125. The van der Waals surface area contributed by atoms with Crippen molar-refractivity contribution in [3.05, 3.63) is 16.1 Å². The van der Waals surface area contributed by atoms with Gasteiger partial charge in [0.15, 0.2) is 0 Å². The van der Waals surface area contributed by atoms with Crippen LogP contribution in [0.1, 0.15) is 29.1 Å². The predicted molar refractivity (Wildman–Crippen MR) is 66.8 cm³/mol. The molecule has 0 spiro atoms. The van der Waals surface area contributed by atoms with E-state index < -0.39 is 0 Å². The minimum atomic E-state index is 0.183. The molecule has 2 aliphatic rings. The molecule has 2 N–H and O–H groups in total. The first-order chi connectivity index (χ1) is 8.22. The van der Waals surface area contributed by atoms with E-state index >= 15 is 0 Å². The van der Waals surface area contributed by atoms with Gasteiger partial charge in [-0.05, 0) is 26.2 Å². The minimum Gasteiger partial charge on any atom is -0.351 e. The molecule has 5 heteroatoms. The maximum Gasteiger partial charge on any atom is 0.225 e. The maximum atomic E-state index is 12.0. The number of carbonyl (C=O) groups excluding carboxylic acids is 1. The van der Waals surface area contributed by atoms with Gasteiger partial charge in [-0.15, -0.1) is 11.3 Å². The van der Waals surface area contributed by atoms with Crippen LogP contribution in [-0.2, 0) is 11.3 Å². The third-order valence-corrected chi connectivity index (χ3v) is 4.66. The molecule has 4 nitrogen and oxygen atoms in total. The summed E-state index contributed by atoms with van der Waals surface area (Å²) >= 11 is 1.65. The van der Waals surface area contributed by atoms with Crippen molar-refractivity contribution in [2.75, 3.05) is 0 Å². The molecule has 92 valence electrons. The largest absolute Gasteiger partial charge is 0.351 e. The van der Waals surface area contributed by atoms with Crippen LogP contribution in [0.5, 0.6) is 0 Å². The van der Waals surface area contributed by atoms with Gasteiger partial charge >= 0.3 is 0 Å². The van der Waals surface area contributed by atoms with Crippen molar-refractivity contribution in [3.8, 4) is 0 Å². The monoisotopic (exact) mass is 251 g/mol. The zero-order valence-corrected chi connectivity index (χ0v) is 10.7. The Morgan fingerprint density at radius 2 is 2.53 bits per heavy atom. The summed E-state index contributed by atoms with van der Waals surface area (Å²) in [7, 11) is 0. The predicted octanol–water partition coefficient (Wildman–Crippen LogP) is 1.21. The van der Waals surface area contributed by atoms with Gasteiger partial charge in [0, 0.05) is 23.2 Å². The Bertz CT molecular complexity index is 431. The minimum absolute atomic E-state index is 0.183. The Hall–Kier alpha value is -0.940. The van der Waals surface area contributed by atoms with E-state index in [0.717, 1.165) is 22.7 Å². The molecule has 2 aliphatic heterocycles. The Morgan fingerprint density at radius 3 is 3.12 bits per heavy atom. The maximum absolute atomic E-state index is 12.0. The smallest absolute Gasteiger partial charge is 0.225 e. The van der Waals surface area contributed by atoms with Crippen molar-refractivity contribution in [3.63, 3.8) is 0 Å². The molecule has 0 aromatic carbocycles. The van der Waals surface area contributed by atoms with Crippen molar-refractivity contribution < 1.29 is 4.79 Å². The molecule has 2 bridgehead atoms. The summed E-state index contributed by atoms with van der Waals surface area (Å²) in [6, 6.07) is 1.00. The first kappa shape index (κ1) is 11.2. The van der Waals surface area contributed by atoms with Gasteiger partial charge in [0.05, 0.1) is 17.5 Å². The Morgan fingerprint density at radius 1 is 1.65 bits per heavy atom. The summed E-state index contributed by atoms with van der Waals surface area (Å²) < 4.78 is 0. The number of thiazole rings is 1. The number of carbonyl (C=O) groups is 1. The highest BCUT2D eigenvalue weighted by Crippen LogP contribution is 2.33. The van der Waals surface area contributed by atoms with Crippen LogP contribution in [0.4, 0.5) is 0 Å². The van der Waals surface area contributed by atoms with Gasteiger partial charge in [0.25, 0.3) is 0 Å². The average molecular weight is 251 g/mol. The van der Waals surface area contributed by atoms with Crippen molar-refractivity contribution >= 4 is 17.2 Å². The highest BCUT2D eigenvalue weighted by atomic mass is 32.1. The third-order valence-electron chi connectivity index (χ3n) is 3.74.